The van der Waals surface area contributed by atoms with E-state index in [4.69, 9.17) is 0 Å². The standard InChI is InChI=1S/C16H21N5O/c1-11-5-6-12(7-17-11)16(22)21-8-13-14(9-19(2)3)18-20(4)15(13)10-21/h5-7H,8-10H2,1-4H3. The van der Waals surface area contributed by atoms with Crippen molar-refractivity contribution in [3.8, 4) is 0 Å². The fourth-order valence-corrected chi connectivity index (χ4v) is 2.82. The first-order valence-electron chi connectivity index (χ1n) is 7.36. The second kappa shape index (κ2) is 5.53. The van der Waals surface area contributed by atoms with Crippen molar-refractivity contribution in [2.24, 2.45) is 7.05 Å². The van der Waals surface area contributed by atoms with Crippen LogP contribution in [0, 0.1) is 6.92 Å². The van der Waals surface area contributed by atoms with Crippen molar-refractivity contribution in [2.45, 2.75) is 26.6 Å². The molecule has 0 bridgehead atoms. The van der Waals surface area contributed by atoms with Crippen molar-refractivity contribution in [2.75, 3.05) is 14.1 Å². The summed E-state index contributed by atoms with van der Waals surface area (Å²) in [5.74, 6) is 0.0273. The Balaban J connectivity index is 1.82. The smallest absolute Gasteiger partial charge is 0.256 e. The first kappa shape index (κ1) is 14.7. The predicted octanol–water partition coefficient (Wildman–Crippen LogP) is 1.34. The highest BCUT2D eigenvalue weighted by atomic mass is 16.2. The molecule has 0 fully saturated rings. The van der Waals surface area contributed by atoms with Gasteiger partial charge in [-0.25, -0.2) is 0 Å². The molecule has 0 saturated heterocycles. The van der Waals surface area contributed by atoms with Crippen molar-refractivity contribution < 1.29 is 4.79 Å². The van der Waals surface area contributed by atoms with Crippen LogP contribution < -0.4 is 0 Å². The van der Waals surface area contributed by atoms with Gasteiger partial charge in [-0.1, -0.05) is 0 Å². The summed E-state index contributed by atoms with van der Waals surface area (Å²) < 4.78 is 1.90. The van der Waals surface area contributed by atoms with Crippen LogP contribution in [0.4, 0.5) is 0 Å². The van der Waals surface area contributed by atoms with Gasteiger partial charge in [-0.15, -0.1) is 0 Å². The molecule has 1 aliphatic heterocycles. The minimum atomic E-state index is 0.0273. The van der Waals surface area contributed by atoms with Gasteiger partial charge in [0.1, 0.15) is 0 Å². The molecule has 0 aromatic carbocycles. The maximum absolute atomic E-state index is 12.6. The zero-order chi connectivity index (χ0) is 15.9. The van der Waals surface area contributed by atoms with Crippen molar-refractivity contribution in [3.63, 3.8) is 0 Å². The number of hydrogen-bond acceptors (Lipinski definition) is 4. The quantitative estimate of drug-likeness (QED) is 0.858. The third-order valence-electron chi connectivity index (χ3n) is 3.96. The molecule has 22 heavy (non-hydrogen) atoms. The fourth-order valence-electron chi connectivity index (χ4n) is 2.82. The average molecular weight is 299 g/mol. The van der Waals surface area contributed by atoms with Gasteiger partial charge in [0, 0.05) is 31.0 Å². The van der Waals surface area contributed by atoms with Gasteiger partial charge in [0.25, 0.3) is 5.91 Å². The molecule has 1 amide bonds. The predicted molar refractivity (Wildman–Crippen MR) is 83.2 cm³/mol. The van der Waals surface area contributed by atoms with Crippen molar-refractivity contribution >= 4 is 5.91 Å². The summed E-state index contributed by atoms with van der Waals surface area (Å²) in [6, 6.07) is 3.71. The van der Waals surface area contributed by atoms with Crippen LogP contribution in [0.25, 0.3) is 0 Å². The van der Waals surface area contributed by atoms with Gasteiger partial charge in [0.05, 0.1) is 30.0 Å². The van der Waals surface area contributed by atoms with E-state index in [0.717, 1.165) is 23.6 Å². The van der Waals surface area contributed by atoms with E-state index < -0.39 is 0 Å². The van der Waals surface area contributed by atoms with Crippen LogP contribution in [-0.2, 0) is 26.7 Å². The Labute approximate surface area is 130 Å². The maximum atomic E-state index is 12.6. The molecule has 3 heterocycles. The second-order valence-electron chi connectivity index (χ2n) is 6.08. The van der Waals surface area contributed by atoms with Crippen LogP contribution in [-0.4, -0.2) is 44.6 Å². The maximum Gasteiger partial charge on any atom is 0.256 e. The highest BCUT2D eigenvalue weighted by Crippen LogP contribution is 2.27. The summed E-state index contributed by atoms with van der Waals surface area (Å²) in [4.78, 5) is 20.8. The van der Waals surface area contributed by atoms with Crippen LogP contribution in [0.2, 0.25) is 0 Å². The first-order chi connectivity index (χ1) is 10.5. The van der Waals surface area contributed by atoms with E-state index in [9.17, 15) is 4.79 Å². The molecule has 6 nitrogen and oxygen atoms in total. The lowest BCUT2D eigenvalue weighted by Gasteiger charge is -2.16. The highest BCUT2D eigenvalue weighted by molar-refractivity contribution is 5.94. The molecule has 6 heteroatoms. The van der Waals surface area contributed by atoms with Gasteiger partial charge in [0.15, 0.2) is 0 Å². The Bertz CT molecular complexity index is 702. The van der Waals surface area contributed by atoms with Crippen LogP contribution in [0.5, 0.6) is 0 Å². The van der Waals surface area contributed by atoms with Crippen molar-refractivity contribution in [3.05, 3.63) is 46.5 Å². The lowest BCUT2D eigenvalue weighted by atomic mass is 10.2. The van der Waals surface area contributed by atoms with E-state index in [2.05, 4.69) is 15.0 Å². The summed E-state index contributed by atoms with van der Waals surface area (Å²) in [7, 11) is 5.99. The van der Waals surface area contributed by atoms with Gasteiger partial charge in [-0.2, -0.15) is 5.10 Å². The number of pyridine rings is 1. The number of aromatic nitrogens is 3. The Morgan fingerprint density at radius 2 is 2.09 bits per heavy atom. The van der Waals surface area contributed by atoms with Gasteiger partial charge in [-0.05, 0) is 33.2 Å². The van der Waals surface area contributed by atoms with E-state index >= 15 is 0 Å². The third kappa shape index (κ3) is 2.62. The normalized spacial score (nSPS) is 13.8. The third-order valence-corrected chi connectivity index (χ3v) is 3.96. The van der Waals surface area contributed by atoms with Crippen LogP contribution in [0.3, 0.4) is 0 Å². The Morgan fingerprint density at radius 3 is 2.73 bits per heavy atom. The van der Waals surface area contributed by atoms with Crippen molar-refractivity contribution in [1.29, 1.82) is 0 Å². The molecular weight excluding hydrogens is 278 g/mol. The molecule has 0 radical (unpaired) electrons. The number of carbonyl (C=O) groups excluding carboxylic acids is 1. The van der Waals surface area contributed by atoms with Crippen LogP contribution in [0.15, 0.2) is 18.3 Å². The Kier molecular flexibility index (Phi) is 3.70. The number of hydrogen-bond donors (Lipinski definition) is 0. The number of carbonyl (C=O) groups is 1. The topological polar surface area (TPSA) is 54.3 Å². The van der Waals surface area contributed by atoms with E-state index in [1.807, 2.05) is 49.8 Å². The zero-order valence-electron chi connectivity index (χ0n) is 13.5. The van der Waals surface area contributed by atoms with E-state index in [-0.39, 0.29) is 5.91 Å². The van der Waals surface area contributed by atoms with Crippen LogP contribution in [0.1, 0.15) is 33.0 Å². The SMILES string of the molecule is Cc1ccc(C(=O)N2Cc3c(CN(C)C)nn(C)c3C2)cn1. The summed E-state index contributed by atoms with van der Waals surface area (Å²) in [6.07, 6.45) is 1.65. The van der Waals surface area contributed by atoms with Gasteiger partial charge >= 0.3 is 0 Å². The zero-order valence-corrected chi connectivity index (χ0v) is 13.5. The number of nitrogens with zero attached hydrogens (tertiary/aromatic N) is 5. The molecule has 0 saturated carbocycles. The summed E-state index contributed by atoms with van der Waals surface area (Å²) >= 11 is 0. The summed E-state index contributed by atoms with van der Waals surface area (Å²) in [5.41, 5.74) is 4.92. The molecule has 3 rings (SSSR count). The summed E-state index contributed by atoms with van der Waals surface area (Å²) in [5, 5.41) is 4.58. The number of amides is 1. The van der Waals surface area contributed by atoms with Crippen LogP contribution >= 0.6 is 0 Å². The molecule has 116 valence electrons. The van der Waals surface area contributed by atoms with Gasteiger partial charge in [0.2, 0.25) is 0 Å². The Morgan fingerprint density at radius 1 is 1.32 bits per heavy atom. The first-order valence-corrected chi connectivity index (χ1v) is 7.36. The van der Waals surface area contributed by atoms with Gasteiger partial charge in [-0.3, -0.25) is 14.5 Å². The molecule has 0 unspecified atom stereocenters. The molecular formula is C16H21N5O. The lowest BCUT2D eigenvalue weighted by Crippen LogP contribution is -2.26. The van der Waals surface area contributed by atoms with E-state index in [1.165, 1.54) is 5.56 Å². The van der Waals surface area contributed by atoms with Gasteiger partial charge < -0.3 is 9.80 Å². The number of fused-ring (bicyclic) bond motifs is 1. The lowest BCUT2D eigenvalue weighted by molar-refractivity contribution is 0.0747. The molecule has 2 aromatic heterocycles. The van der Waals surface area contributed by atoms with Crippen molar-refractivity contribution in [1.82, 2.24) is 24.6 Å². The number of aryl methyl sites for hydroxylation is 2. The molecule has 0 spiro atoms. The molecule has 0 N–H and O–H groups in total. The average Bonchev–Trinajstić information content (AvgIpc) is 3.01. The minimum Gasteiger partial charge on any atom is -0.328 e. The fraction of sp³-hybridized carbons (Fsp3) is 0.438. The minimum absolute atomic E-state index is 0.0273. The highest BCUT2D eigenvalue weighted by Gasteiger charge is 2.30. The largest absolute Gasteiger partial charge is 0.328 e. The summed E-state index contributed by atoms with van der Waals surface area (Å²) in [6.45, 7) is 3.94. The second-order valence-corrected chi connectivity index (χ2v) is 6.08. The molecule has 1 aliphatic rings. The molecule has 0 aliphatic carbocycles. The van der Waals surface area contributed by atoms with E-state index in [1.54, 1.807) is 6.20 Å². The number of rotatable bonds is 3. The van der Waals surface area contributed by atoms with E-state index in [0.29, 0.717) is 18.7 Å². The monoisotopic (exact) mass is 299 g/mol. The Hall–Kier alpha value is -2.21. The molecule has 2 aromatic rings. The molecule has 0 atom stereocenters.